The molecule has 18 heavy (non-hydrogen) atoms. The van der Waals surface area contributed by atoms with E-state index in [0.29, 0.717) is 13.0 Å². The van der Waals surface area contributed by atoms with Crippen molar-refractivity contribution in [1.82, 2.24) is 4.98 Å². The highest BCUT2D eigenvalue weighted by Crippen LogP contribution is 2.26. The molecule has 0 bridgehead atoms. The molecule has 5 nitrogen and oxygen atoms in total. The summed E-state index contributed by atoms with van der Waals surface area (Å²) >= 11 is 0. The number of hydrogen-bond donors (Lipinski definition) is 1. The summed E-state index contributed by atoms with van der Waals surface area (Å²) in [7, 11) is 0. The Kier molecular flexibility index (Phi) is 4.04. The highest BCUT2D eigenvalue weighted by atomic mass is 16.2. The molecule has 1 unspecified atom stereocenters. The number of hydrazone groups is 1. The second-order valence-electron chi connectivity index (χ2n) is 4.33. The fourth-order valence-corrected chi connectivity index (χ4v) is 2.14. The van der Waals surface area contributed by atoms with Gasteiger partial charge in [0, 0.05) is 12.4 Å². The third-order valence-electron chi connectivity index (χ3n) is 3.01. The zero-order chi connectivity index (χ0) is 13.0. The first-order valence-electron chi connectivity index (χ1n) is 6.29. The van der Waals surface area contributed by atoms with Crippen LogP contribution >= 0.6 is 0 Å². The molecule has 0 fully saturated rings. The Balaban J connectivity index is 2.25. The van der Waals surface area contributed by atoms with Gasteiger partial charge in [-0.05, 0) is 31.5 Å². The Bertz CT molecular complexity index is 444. The Morgan fingerprint density at radius 2 is 2.11 bits per heavy atom. The van der Waals surface area contributed by atoms with E-state index in [1.807, 2.05) is 0 Å². The molecule has 2 heterocycles. The number of nitrogens with zero attached hydrogens (tertiary/aromatic N) is 3. The summed E-state index contributed by atoms with van der Waals surface area (Å²) in [5.41, 5.74) is 7.29. The van der Waals surface area contributed by atoms with Crippen LogP contribution in [0, 0.1) is 5.92 Å². The van der Waals surface area contributed by atoms with E-state index in [2.05, 4.69) is 17.0 Å². The lowest BCUT2D eigenvalue weighted by Crippen LogP contribution is -2.29. The highest BCUT2D eigenvalue weighted by Gasteiger charge is 2.35. The molecular formula is C13H18N4O. The van der Waals surface area contributed by atoms with Crippen molar-refractivity contribution in [2.24, 2.45) is 16.8 Å². The number of rotatable bonds is 5. The molecule has 0 radical (unpaired) electrons. The zero-order valence-electron chi connectivity index (χ0n) is 10.5. The quantitative estimate of drug-likeness (QED) is 0.856. The summed E-state index contributed by atoms with van der Waals surface area (Å²) in [6, 6.07) is 3.57. The van der Waals surface area contributed by atoms with Crippen molar-refractivity contribution in [3.8, 4) is 0 Å². The van der Waals surface area contributed by atoms with E-state index in [1.54, 1.807) is 24.5 Å². The average Bonchev–Trinajstić information content (AvgIpc) is 2.70. The smallest absolute Gasteiger partial charge is 0.256 e. The van der Waals surface area contributed by atoms with Gasteiger partial charge < -0.3 is 5.73 Å². The van der Waals surface area contributed by atoms with Gasteiger partial charge in [0.25, 0.3) is 5.91 Å². The number of nitrogens with two attached hydrogens (primary N) is 1. The summed E-state index contributed by atoms with van der Waals surface area (Å²) in [6.45, 7) is 2.59. The molecule has 0 saturated heterocycles. The van der Waals surface area contributed by atoms with Crippen LogP contribution in [0.15, 0.2) is 29.6 Å². The molecule has 2 rings (SSSR count). The fraction of sp³-hybridized carbons (Fsp3) is 0.462. The van der Waals surface area contributed by atoms with Crippen molar-refractivity contribution < 1.29 is 4.79 Å². The summed E-state index contributed by atoms with van der Waals surface area (Å²) in [6.07, 6.45) is 5.82. The largest absolute Gasteiger partial charge is 0.330 e. The molecule has 0 saturated carbocycles. The molecule has 1 aliphatic rings. The third kappa shape index (κ3) is 2.41. The molecular weight excluding hydrogens is 228 g/mol. The van der Waals surface area contributed by atoms with Crippen molar-refractivity contribution in [2.75, 3.05) is 11.6 Å². The van der Waals surface area contributed by atoms with Gasteiger partial charge in [-0.25, -0.2) is 5.01 Å². The van der Waals surface area contributed by atoms with Crippen LogP contribution in [-0.2, 0) is 4.79 Å². The van der Waals surface area contributed by atoms with E-state index in [-0.39, 0.29) is 11.8 Å². The number of hydrogen-bond acceptors (Lipinski definition) is 4. The maximum Gasteiger partial charge on any atom is 0.256 e. The van der Waals surface area contributed by atoms with Crippen LogP contribution in [0.2, 0.25) is 0 Å². The van der Waals surface area contributed by atoms with Crippen molar-refractivity contribution in [2.45, 2.75) is 26.2 Å². The van der Waals surface area contributed by atoms with Gasteiger partial charge in [-0.3, -0.25) is 9.78 Å². The normalized spacial score (nSPS) is 19.2. The van der Waals surface area contributed by atoms with E-state index in [0.717, 1.165) is 24.2 Å². The van der Waals surface area contributed by atoms with E-state index >= 15 is 0 Å². The number of carbonyl (C=O) groups excluding carboxylic acids is 1. The first-order valence-corrected chi connectivity index (χ1v) is 6.29. The van der Waals surface area contributed by atoms with Crippen molar-refractivity contribution in [3.63, 3.8) is 0 Å². The fourth-order valence-electron chi connectivity index (χ4n) is 2.14. The van der Waals surface area contributed by atoms with Crippen LogP contribution in [0.3, 0.4) is 0 Å². The predicted octanol–water partition coefficient (Wildman–Crippen LogP) is 1.55. The Morgan fingerprint density at radius 3 is 2.72 bits per heavy atom. The minimum atomic E-state index is -0.150. The summed E-state index contributed by atoms with van der Waals surface area (Å²) in [5, 5.41) is 5.93. The molecule has 96 valence electrons. The second kappa shape index (κ2) is 5.73. The van der Waals surface area contributed by atoms with Crippen molar-refractivity contribution in [3.05, 3.63) is 24.5 Å². The molecule has 0 aliphatic carbocycles. The van der Waals surface area contributed by atoms with E-state index in [1.165, 1.54) is 5.01 Å². The van der Waals surface area contributed by atoms with Gasteiger partial charge in [0.15, 0.2) is 0 Å². The van der Waals surface area contributed by atoms with Crippen molar-refractivity contribution in [1.29, 1.82) is 0 Å². The molecule has 1 atom stereocenters. The first kappa shape index (κ1) is 12.7. The Labute approximate surface area is 107 Å². The van der Waals surface area contributed by atoms with Gasteiger partial charge in [0.2, 0.25) is 0 Å². The minimum Gasteiger partial charge on any atom is -0.330 e. The van der Waals surface area contributed by atoms with E-state index < -0.39 is 0 Å². The third-order valence-corrected chi connectivity index (χ3v) is 3.01. The molecule has 0 spiro atoms. The number of anilines is 1. The van der Waals surface area contributed by atoms with Gasteiger partial charge in [-0.2, -0.15) is 5.10 Å². The maximum atomic E-state index is 12.3. The second-order valence-corrected chi connectivity index (χ2v) is 4.33. The minimum absolute atomic E-state index is 0.0232. The molecule has 2 N–H and O–H groups in total. The number of pyridine rings is 1. The SMILES string of the molecule is CCCC1=NN(c2ccncc2)C(=O)C1CCN. The maximum absolute atomic E-state index is 12.3. The van der Waals surface area contributed by atoms with Crippen LogP contribution in [0.25, 0.3) is 0 Å². The highest BCUT2D eigenvalue weighted by molar-refractivity contribution is 6.15. The molecule has 1 amide bonds. The summed E-state index contributed by atoms with van der Waals surface area (Å²) in [4.78, 5) is 16.3. The van der Waals surface area contributed by atoms with Gasteiger partial charge >= 0.3 is 0 Å². The Hall–Kier alpha value is -1.75. The monoisotopic (exact) mass is 246 g/mol. The number of carbonyl (C=O) groups is 1. The Morgan fingerprint density at radius 1 is 1.39 bits per heavy atom. The lowest BCUT2D eigenvalue weighted by Gasteiger charge is -2.13. The first-order chi connectivity index (χ1) is 8.77. The topological polar surface area (TPSA) is 71.6 Å². The van der Waals surface area contributed by atoms with E-state index in [4.69, 9.17) is 5.73 Å². The van der Waals surface area contributed by atoms with Crippen LogP contribution in [0.5, 0.6) is 0 Å². The van der Waals surface area contributed by atoms with Gasteiger partial charge in [-0.1, -0.05) is 13.3 Å². The lowest BCUT2D eigenvalue weighted by atomic mass is 9.96. The van der Waals surface area contributed by atoms with Gasteiger partial charge in [-0.15, -0.1) is 0 Å². The predicted molar refractivity (Wildman–Crippen MR) is 71.2 cm³/mol. The van der Waals surface area contributed by atoms with Crippen molar-refractivity contribution >= 4 is 17.3 Å². The van der Waals surface area contributed by atoms with Gasteiger partial charge in [0.05, 0.1) is 17.3 Å². The molecule has 1 aromatic rings. The van der Waals surface area contributed by atoms with E-state index in [9.17, 15) is 4.79 Å². The van der Waals surface area contributed by atoms with Gasteiger partial charge in [0.1, 0.15) is 0 Å². The standard InChI is InChI=1S/C13H18N4O/c1-2-3-12-11(4-7-14)13(18)17(16-12)10-5-8-15-9-6-10/h5-6,8-9,11H,2-4,7,14H2,1H3. The summed E-state index contributed by atoms with van der Waals surface area (Å²) in [5.74, 6) is -0.127. The zero-order valence-corrected chi connectivity index (χ0v) is 10.5. The summed E-state index contributed by atoms with van der Waals surface area (Å²) < 4.78 is 0. The number of aromatic nitrogens is 1. The molecule has 0 aromatic carbocycles. The van der Waals surface area contributed by atoms with Crippen LogP contribution in [0.1, 0.15) is 26.2 Å². The van der Waals surface area contributed by atoms with Crippen LogP contribution in [0.4, 0.5) is 5.69 Å². The molecule has 1 aromatic heterocycles. The average molecular weight is 246 g/mol. The van der Waals surface area contributed by atoms with Crippen LogP contribution < -0.4 is 10.7 Å². The lowest BCUT2D eigenvalue weighted by molar-refractivity contribution is -0.119. The molecule has 5 heteroatoms. The van der Waals surface area contributed by atoms with Crippen LogP contribution in [-0.4, -0.2) is 23.1 Å². The molecule has 1 aliphatic heterocycles. The number of amides is 1.